The summed E-state index contributed by atoms with van der Waals surface area (Å²) in [5.74, 6) is 1.14. The molecule has 4 rings (SSSR count). The Morgan fingerprint density at radius 1 is 1.18 bits per heavy atom. The molecule has 1 saturated heterocycles. The van der Waals surface area contributed by atoms with Gasteiger partial charge in [-0.15, -0.1) is 0 Å². The number of Topliss-reactive ketones (excluding diaryl/α,β-unsaturated/α-hetero) is 1. The van der Waals surface area contributed by atoms with Gasteiger partial charge in [-0.2, -0.15) is 13.2 Å². The molecule has 2 aromatic rings. The number of nitrogens with zero attached hydrogens (tertiary/aromatic N) is 1. The Morgan fingerprint density at radius 3 is 2.36 bits per heavy atom. The number of rotatable bonds is 5. The molecule has 0 aromatic heterocycles. The normalized spacial score (nSPS) is 25.0. The Morgan fingerprint density at radius 2 is 1.82 bits per heavy atom. The fourth-order valence-corrected chi connectivity index (χ4v) is 6.72. The van der Waals surface area contributed by atoms with Crippen molar-refractivity contribution >= 4 is 69.0 Å². The fourth-order valence-electron chi connectivity index (χ4n) is 3.97. The molecular formula is C22H17Cl3F3NO2S2. The Balaban J connectivity index is 1.60. The zero-order valence-electron chi connectivity index (χ0n) is 17.1. The lowest BCUT2D eigenvalue weighted by Gasteiger charge is -2.30. The molecule has 2 heterocycles. The number of halogens is 6. The van der Waals surface area contributed by atoms with E-state index in [1.165, 1.54) is 12.1 Å². The zero-order valence-corrected chi connectivity index (χ0v) is 21.0. The molecule has 0 bridgehead atoms. The van der Waals surface area contributed by atoms with Gasteiger partial charge in [0.2, 0.25) is 0 Å². The van der Waals surface area contributed by atoms with Crippen molar-refractivity contribution in [2.45, 2.75) is 30.7 Å². The maximum Gasteiger partial charge on any atom is 0.409 e. The first-order valence-corrected chi connectivity index (χ1v) is 13.3. The first-order valence-electron chi connectivity index (χ1n) is 9.87. The number of aryl methyl sites for hydroxylation is 1. The van der Waals surface area contributed by atoms with Crippen LogP contribution >= 0.6 is 46.8 Å². The first-order chi connectivity index (χ1) is 15.4. The van der Waals surface area contributed by atoms with Gasteiger partial charge in [-0.1, -0.05) is 46.9 Å². The number of ketones is 1. The molecule has 2 aliphatic heterocycles. The van der Waals surface area contributed by atoms with Gasteiger partial charge in [-0.05, 0) is 59.7 Å². The molecule has 1 fully saturated rings. The van der Waals surface area contributed by atoms with E-state index < -0.39 is 28.1 Å². The number of hydrogen-bond acceptors (Lipinski definition) is 4. The van der Waals surface area contributed by atoms with Crippen LogP contribution in [0.4, 0.5) is 13.2 Å². The summed E-state index contributed by atoms with van der Waals surface area (Å²) in [7, 11) is -0.827. The third-order valence-electron chi connectivity index (χ3n) is 5.81. The molecule has 0 N–H and O–H groups in total. The molecule has 176 valence electrons. The number of carbonyl (C=O) groups is 1. The van der Waals surface area contributed by atoms with Crippen molar-refractivity contribution in [3.8, 4) is 0 Å². The van der Waals surface area contributed by atoms with E-state index in [1.54, 1.807) is 25.1 Å². The third-order valence-corrected chi connectivity index (χ3v) is 9.93. The van der Waals surface area contributed by atoms with Crippen LogP contribution in [-0.2, 0) is 15.5 Å². The molecule has 3 nitrogen and oxygen atoms in total. The Labute approximate surface area is 210 Å². The Hall–Kier alpha value is -1.06. The Bertz CT molecular complexity index is 1170. The summed E-state index contributed by atoms with van der Waals surface area (Å²) < 4.78 is 56.0. The minimum Gasteiger partial charge on any atom is -0.294 e. The molecule has 1 unspecified atom stereocenters. The van der Waals surface area contributed by atoms with Crippen molar-refractivity contribution in [2.24, 2.45) is 10.3 Å². The molecule has 0 radical (unpaired) electrons. The fraction of sp³-hybridized carbons (Fsp3) is 0.364. The van der Waals surface area contributed by atoms with Crippen LogP contribution in [0.15, 0.2) is 34.7 Å². The van der Waals surface area contributed by atoms with Gasteiger partial charge >= 0.3 is 6.18 Å². The molecular weight excluding hydrogens is 538 g/mol. The van der Waals surface area contributed by atoms with Gasteiger partial charge in [0.1, 0.15) is 0 Å². The highest BCUT2D eigenvalue weighted by Gasteiger charge is 2.60. The highest BCUT2D eigenvalue weighted by Crippen LogP contribution is 2.57. The van der Waals surface area contributed by atoms with Crippen LogP contribution < -0.4 is 0 Å². The van der Waals surface area contributed by atoms with Crippen LogP contribution in [0.5, 0.6) is 0 Å². The standard InChI is InChI=1S/C22H17Cl3F3NO2S2/c1-11-4-13(2-3-15(11)19(30)5-12-9-33(31)10-12)18-8-21(32-29-18,22(26,27)28)14-6-16(23)20(25)17(24)7-14/h2-4,6-7,12H,5,8-10H2,1H3. The minimum absolute atomic E-state index is 0.00688. The molecule has 2 aromatic carbocycles. The SMILES string of the molecule is Cc1cc(C2=NSC(c3cc(Cl)c(Cl)c(Cl)c3)(C(F)(F)F)C2)ccc1C(=O)CC1CS(=O)C1. The predicted octanol–water partition coefficient (Wildman–Crippen LogP) is 7.21. The summed E-state index contributed by atoms with van der Waals surface area (Å²) in [4.78, 5) is 12.6. The van der Waals surface area contributed by atoms with Crippen molar-refractivity contribution < 1.29 is 22.2 Å². The lowest BCUT2D eigenvalue weighted by atomic mass is 9.88. The van der Waals surface area contributed by atoms with Crippen LogP contribution in [0.1, 0.15) is 39.9 Å². The lowest BCUT2D eigenvalue weighted by Crippen LogP contribution is -2.38. The van der Waals surface area contributed by atoms with Gasteiger partial charge in [0, 0.05) is 40.7 Å². The topological polar surface area (TPSA) is 46.5 Å². The van der Waals surface area contributed by atoms with Crippen molar-refractivity contribution in [2.75, 3.05) is 11.5 Å². The van der Waals surface area contributed by atoms with E-state index >= 15 is 0 Å². The summed E-state index contributed by atoms with van der Waals surface area (Å²) in [6.07, 6.45) is -4.74. The summed E-state index contributed by atoms with van der Waals surface area (Å²) in [5, 5.41) is -0.135. The number of hydrogen-bond donors (Lipinski definition) is 0. The summed E-state index contributed by atoms with van der Waals surface area (Å²) in [5.41, 5.74) is 1.82. The van der Waals surface area contributed by atoms with E-state index in [-0.39, 0.29) is 38.0 Å². The lowest BCUT2D eigenvalue weighted by molar-refractivity contribution is -0.159. The highest BCUT2D eigenvalue weighted by atomic mass is 35.5. The largest absolute Gasteiger partial charge is 0.409 e. The first kappa shape index (κ1) is 25.0. The molecule has 2 aliphatic rings. The third kappa shape index (κ3) is 4.74. The van der Waals surface area contributed by atoms with E-state index in [4.69, 9.17) is 34.8 Å². The average Bonchev–Trinajstić information content (AvgIpc) is 3.17. The monoisotopic (exact) mass is 553 g/mol. The van der Waals surface area contributed by atoms with Crippen molar-refractivity contribution in [1.82, 2.24) is 0 Å². The van der Waals surface area contributed by atoms with Crippen LogP contribution in [-0.4, -0.2) is 33.4 Å². The van der Waals surface area contributed by atoms with E-state index in [1.807, 2.05) is 0 Å². The van der Waals surface area contributed by atoms with E-state index in [2.05, 4.69) is 4.40 Å². The second-order valence-corrected chi connectivity index (χ2v) is 12.0. The van der Waals surface area contributed by atoms with E-state index in [9.17, 15) is 22.2 Å². The van der Waals surface area contributed by atoms with Crippen molar-refractivity contribution in [3.63, 3.8) is 0 Å². The quantitative estimate of drug-likeness (QED) is 0.223. The predicted molar refractivity (Wildman–Crippen MR) is 129 cm³/mol. The van der Waals surface area contributed by atoms with Gasteiger partial charge in [0.15, 0.2) is 10.5 Å². The maximum absolute atomic E-state index is 14.3. The maximum atomic E-state index is 14.3. The highest BCUT2D eigenvalue weighted by molar-refractivity contribution is 7.99. The molecule has 1 atom stereocenters. The van der Waals surface area contributed by atoms with Gasteiger partial charge < -0.3 is 0 Å². The van der Waals surface area contributed by atoms with Gasteiger partial charge in [-0.3, -0.25) is 9.00 Å². The number of carbonyl (C=O) groups excluding carboxylic acids is 1. The van der Waals surface area contributed by atoms with E-state index in [0.29, 0.717) is 46.6 Å². The molecule has 0 amide bonds. The van der Waals surface area contributed by atoms with Crippen LogP contribution in [0, 0.1) is 12.8 Å². The molecule has 33 heavy (non-hydrogen) atoms. The second-order valence-electron chi connectivity index (χ2n) is 8.18. The van der Waals surface area contributed by atoms with Gasteiger partial charge in [-0.25, -0.2) is 4.40 Å². The van der Waals surface area contributed by atoms with Gasteiger partial charge in [0.05, 0.1) is 20.8 Å². The smallest absolute Gasteiger partial charge is 0.294 e. The van der Waals surface area contributed by atoms with Crippen molar-refractivity contribution in [3.05, 3.63) is 67.7 Å². The van der Waals surface area contributed by atoms with Gasteiger partial charge in [0.25, 0.3) is 0 Å². The van der Waals surface area contributed by atoms with E-state index in [0.717, 1.165) is 0 Å². The van der Waals surface area contributed by atoms with Crippen LogP contribution in [0.3, 0.4) is 0 Å². The summed E-state index contributed by atoms with van der Waals surface area (Å²) >= 11 is 18.4. The summed E-state index contributed by atoms with van der Waals surface area (Å²) in [6.45, 7) is 1.74. The summed E-state index contributed by atoms with van der Waals surface area (Å²) in [6, 6.07) is 7.27. The average molecular weight is 555 g/mol. The number of alkyl halides is 3. The number of benzene rings is 2. The van der Waals surface area contributed by atoms with Crippen molar-refractivity contribution in [1.29, 1.82) is 0 Å². The van der Waals surface area contributed by atoms with Crippen LogP contribution in [0.2, 0.25) is 15.1 Å². The minimum atomic E-state index is -4.64. The molecule has 0 spiro atoms. The molecule has 0 saturated carbocycles. The molecule has 0 aliphatic carbocycles. The Kier molecular flexibility index (Phi) is 6.97. The zero-order chi connectivity index (χ0) is 24.1. The molecule has 11 heteroatoms. The van der Waals surface area contributed by atoms with Crippen LogP contribution in [0.25, 0.3) is 0 Å². The second kappa shape index (κ2) is 9.19.